The Morgan fingerprint density at radius 2 is 1.73 bits per heavy atom. The number of nitrogens with zero attached hydrogens (tertiary/aromatic N) is 2. The number of nitrogens with two attached hydrogens (primary N) is 1. The summed E-state index contributed by atoms with van der Waals surface area (Å²) < 4.78 is 5.70. The second kappa shape index (κ2) is 8.43. The molecule has 0 atom stereocenters. The molecule has 3 rings (SSSR count). The highest BCUT2D eigenvalue weighted by molar-refractivity contribution is 5.98. The second-order valence-corrected chi connectivity index (χ2v) is 5.39. The lowest BCUT2D eigenvalue weighted by atomic mass is 10.2. The predicted molar refractivity (Wildman–Crippen MR) is 97.6 cm³/mol. The molecule has 0 aliphatic rings. The van der Waals surface area contributed by atoms with Gasteiger partial charge in [0.2, 0.25) is 0 Å². The Kier molecular flexibility index (Phi) is 5.57. The first kappa shape index (κ1) is 17.2. The Morgan fingerprint density at radius 1 is 0.962 bits per heavy atom. The SMILES string of the molecule is N/C(=N/OC(=O)c1cccc(OCc2ccccc2)c1)c1ccncc1. The molecule has 0 fully saturated rings. The van der Waals surface area contributed by atoms with Crippen LogP contribution < -0.4 is 10.5 Å². The van der Waals surface area contributed by atoms with Gasteiger partial charge in [-0.05, 0) is 35.9 Å². The van der Waals surface area contributed by atoms with Crippen LogP contribution in [-0.4, -0.2) is 16.8 Å². The minimum atomic E-state index is -0.618. The fraction of sp³-hybridized carbons (Fsp3) is 0.0500. The number of hydrogen-bond acceptors (Lipinski definition) is 5. The van der Waals surface area contributed by atoms with Gasteiger partial charge in [-0.25, -0.2) is 4.79 Å². The molecule has 6 heteroatoms. The van der Waals surface area contributed by atoms with Gasteiger partial charge in [0, 0.05) is 18.0 Å². The molecule has 2 N–H and O–H groups in total. The van der Waals surface area contributed by atoms with Gasteiger partial charge in [-0.15, -0.1) is 0 Å². The fourth-order valence-electron chi connectivity index (χ4n) is 2.17. The molecule has 0 bridgehead atoms. The van der Waals surface area contributed by atoms with Gasteiger partial charge in [-0.3, -0.25) is 4.98 Å². The quantitative estimate of drug-likeness (QED) is 0.320. The molecule has 130 valence electrons. The Hall–Kier alpha value is -3.67. The molecule has 2 aromatic carbocycles. The lowest BCUT2D eigenvalue weighted by Gasteiger charge is -2.07. The minimum absolute atomic E-state index is 0.0947. The molecule has 3 aromatic rings. The number of hydrogen-bond donors (Lipinski definition) is 1. The summed E-state index contributed by atoms with van der Waals surface area (Å²) in [4.78, 5) is 21.0. The van der Waals surface area contributed by atoms with E-state index in [1.54, 1.807) is 48.8 Å². The monoisotopic (exact) mass is 347 g/mol. The average molecular weight is 347 g/mol. The zero-order chi connectivity index (χ0) is 18.2. The average Bonchev–Trinajstić information content (AvgIpc) is 2.72. The molecule has 0 spiro atoms. The van der Waals surface area contributed by atoms with E-state index in [0.29, 0.717) is 23.5 Å². The van der Waals surface area contributed by atoms with Crippen molar-refractivity contribution in [3.63, 3.8) is 0 Å². The molecular formula is C20H17N3O3. The molecule has 1 heterocycles. The Morgan fingerprint density at radius 3 is 2.50 bits per heavy atom. The zero-order valence-electron chi connectivity index (χ0n) is 13.9. The van der Waals surface area contributed by atoms with E-state index >= 15 is 0 Å². The van der Waals surface area contributed by atoms with E-state index in [1.165, 1.54) is 0 Å². The van der Waals surface area contributed by atoms with Crippen LogP contribution >= 0.6 is 0 Å². The van der Waals surface area contributed by atoms with Crippen molar-refractivity contribution < 1.29 is 14.4 Å². The summed E-state index contributed by atoms with van der Waals surface area (Å²) in [5.41, 5.74) is 7.76. The van der Waals surface area contributed by atoms with Crippen molar-refractivity contribution >= 4 is 11.8 Å². The van der Waals surface area contributed by atoms with Crippen molar-refractivity contribution in [1.29, 1.82) is 0 Å². The van der Waals surface area contributed by atoms with Crippen LogP contribution in [-0.2, 0) is 11.4 Å². The zero-order valence-corrected chi connectivity index (χ0v) is 13.9. The van der Waals surface area contributed by atoms with Crippen molar-refractivity contribution in [1.82, 2.24) is 4.98 Å². The van der Waals surface area contributed by atoms with Gasteiger partial charge in [-0.2, -0.15) is 0 Å². The Balaban J connectivity index is 1.63. The maximum absolute atomic E-state index is 12.2. The Labute approximate surface area is 150 Å². The summed E-state index contributed by atoms with van der Waals surface area (Å²) in [6.07, 6.45) is 3.15. The lowest BCUT2D eigenvalue weighted by Crippen LogP contribution is -2.15. The molecule has 0 saturated carbocycles. The van der Waals surface area contributed by atoms with Gasteiger partial charge < -0.3 is 15.3 Å². The van der Waals surface area contributed by atoms with E-state index in [0.717, 1.165) is 5.56 Å². The summed E-state index contributed by atoms with van der Waals surface area (Å²) in [5, 5.41) is 3.67. The lowest BCUT2D eigenvalue weighted by molar-refractivity contribution is 0.0515. The highest BCUT2D eigenvalue weighted by Crippen LogP contribution is 2.16. The van der Waals surface area contributed by atoms with Crippen molar-refractivity contribution in [3.8, 4) is 5.75 Å². The fourth-order valence-corrected chi connectivity index (χ4v) is 2.17. The Bertz CT molecular complexity index is 896. The van der Waals surface area contributed by atoms with Gasteiger partial charge in [0.25, 0.3) is 0 Å². The van der Waals surface area contributed by atoms with Crippen molar-refractivity contribution in [3.05, 3.63) is 95.8 Å². The number of ether oxygens (including phenoxy) is 1. The number of oxime groups is 1. The van der Waals surface area contributed by atoms with Crippen molar-refractivity contribution in [2.24, 2.45) is 10.9 Å². The van der Waals surface area contributed by atoms with E-state index in [-0.39, 0.29) is 5.84 Å². The molecule has 0 aliphatic heterocycles. The van der Waals surface area contributed by atoms with Crippen LogP contribution in [0, 0.1) is 0 Å². The van der Waals surface area contributed by atoms with Crippen molar-refractivity contribution in [2.75, 3.05) is 0 Å². The molecular weight excluding hydrogens is 330 g/mol. The molecule has 0 unspecified atom stereocenters. The first-order valence-electron chi connectivity index (χ1n) is 7.94. The number of benzene rings is 2. The summed E-state index contributed by atoms with van der Waals surface area (Å²) in [6, 6.07) is 19.8. The number of carbonyl (C=O) groups is 1. The summed E-state index contributed by atoms with van der Waals surface area (Å²) in [5.74, 6) is 0.0405. The van der Waals surface area contributed by atoms with Crippen LogP contribution in [0.1, 0.15) is 21.5 Å². The van der Waals surface area contributed by atoms with Crippen LogP contribution in [0.4, 0.5) is 0 Å². The van der Waals surface area contributed by atoms with Crippen LogP contribution in [0.25, 0.3) is 0 Å². The molecule has 6 nitrogen and oxygen atoms in total. The number of rotatable bonds is 6. The topological polar surface area (TPSA) is 86.8 Å². The van der Waals surface area contributed by atoms with Gasteiger partial charge in [-0.1, -0.05) is 41.6 Å². The van der Waals surface area contributed by atoms with E-state index in [2.05, 4.69) is 10.1 Å². The second-order valence-electron chi connectivity index (χ2n) is 5.39. The summed E-state index contributed by atoms with van der Waals surface area (Å²) >= 11 is 0. The predicted octanol–water partition coefficient (Wildman–Crippen LogP) is 3.14. The molecule has 26 heavy (non-hydrogen) atoms. The van der Waals surface area contributed by atoms with Gasteiger partial charge in [0.1, 0.15) is 12.4 Å². The number of amidine groups is 1. The first-order valence-corrected chi connectivity index (χ1v) is 7.94. The smallest absolute Gasteiger partial charge is 0.365 e. The largest absolute Gasteiger partial charge is 0.489 e. The van der Waals surface area contributed by atoms with Gasteiger partial charge in [0.15, 0.2) is 5.84 Å². The molecule has 0 amide bonds. The molecule has 0 aliphatic carbocycles. The van der Waals surface area contributed by atoms with Gasteiger partial charge >= 0.3 is 5.97 Å². The van der Waals surface area contributed by atoms with E-state index in [4.69, 9.17) is 15.3 Å². The molecule has 1 aromatic heterocycles. The van der Waals surface area contributed by atoms with Crippen LogP contribution in [0.3, 0.4) is 0 Å². The third-order valence-corrected chi connectivity index (χ3v) is 3.52. The van der Waals surface area contributed by atoms with Crippen LogP contribution in [0.5, 0.6) is 5.75 Å². The third-order valence-electron chi connectivity index (χ3n) is 3.52. The number of pyridine rings is 1. The number of carbonyl (C=O) groups excluding carboxylic acids is 1. The third kappa shape index (κ3) is 4.67. The maximum Gasteiger partial charge on any atom is 0.365 e. The highest BCUT2D eigenvalue weighted by Gasteiger charge is 2.09. The summed E-state index contributed by atoms with van der Waals surface area (Å²) in [6.45, 7) is 0.409. The first-order chi connectivity index (χ1) is 12.7. The molecule has 0 saturated heterocycles. The minimum Gasteiger partial charge on any atom is -0.489 e. The summed E-state index contributed by atoms with van der Waals surface area (Å²) in [7, 11) is 0. The maximum atomic E-state index is 12.2. The number of aromatic nitrogens is 1. The van der Waals surface area contributed by atoms with Crippen LogP contribution in [0.2, 0.25) is 0 Å². The standard InChI is InChI=1S/C20H17N3O3/c21-19(16-9-11-22-12-10-16)23-26-20(24)17-7-4-8-18(13-17)25-14-15-5-2-1-3-6-15/h1-13H,14H2,(H2,21,23). The van der Waals surface area contributed by atoms with Crippen LogP contribution in [0.15, 0.2) is 84.3 Å². The normalized spacial score (nSPS) is 11.0. The van der Waals surface area contributed by atoms with Crippen molar-refractivity contribution in [2.45, 2.75) is 6.61 Å². The molecule has 0 radical (unpaired) electrons. The highest BCUT2D eigenvalue weighted by atomic mass is 16.7. The van der Waals surface area contributed by atoms with E-state index in [1.807, 2.05) is 30.3 Å². The van der Waals surface area contributed by atoms with Gasteiger partial charge in [0.05, 0.1) is 5.56 Å². The van der Waals surface area contributed by atoms with E-state index in [9.17, 15) is 4.79 Å². The van der Waals surface area contributed by atoms with E-state index < -0.39 is 5.97 Å².